The second-order valence-electron chi connectivity index (χ2n) is 7.11. The predicted molar refractivity (Wildman–Crippen MR) is 139 cm³/mol. The Bertz CT molecular complexity index is 725. The Balaban J connectivity index is -0.000000428. The molecule has 1 aromatic carbocycles. The van der Waals surface area contributed by atoms with Gasteiger partial charge in [-0.25, -0.2) is 0 Å². The number of Topliss-reactive ketones (excluding diaryl/α,β-unsaturated/α-hetero) is 1. The Morgan fingerprint density at radius 3 is 1.43 bits per heavy atom. The van der Waals surface area contributed by atoms with Crippen LogP contribution in [-0.4, -0.2) is 5.78 Å². The Hall–Kier alpha value is -2.67. The van der Waals surface area contributed by atoms with Crippen LogP contribution in [0.3, 0.4) is 0 Å². The van der Waals surface area contributed by atoms with E-state index in [0.29, 0.717) is 0 Å². The summed E-state index contributed by atoms with van der Waals surface area (Å²) >= 11 is 0. The van der Waals surface area contributed by atoms with Gasteiger partial charge in [0.05, 0.1) is 0 Å². The fraction of sp³-hybridized carbons (Fsp3) is 0.345. The molecule has 0 fully saturated rings. The molecule has 1 rings (SSSR count). The summed E-state index contributed by atoms with van der Waals surface area (Å²) in [6, 6.07) is 8.48. The third kappa shape index (κ3) is 21.6. The molecule has 0 aromatic heterocycles. The van der Waals surface area contributed by atoms with Crippen LogP contribution >= 0.6 is 0 Å². The Morgan fingerprint density at radius 2 is 1.13 bits per heavy atom. The molecular weight excluding hydrogens is 364 g/mol. The van der Waals surface area contributed by atoms with E-state index in [1.165, 1.54) is 30.5 Å². The van der Waals surface area contributed by atoms with Gasteiger partial charge in [-0.3, -0.25) is 0 Å². The van der Waals surface area contributed by atoms with Gasteiger partial charge in [-0.1, -0.05) is 104 Å². The van der Waals surface area contributed by atoms with Crippen molar-refractivity contribution in [1.82, 2.24) is 0 Å². The lowest BCUT2D eigenvalue weighted by Crippen LogP contribution is -1.84. The largest absolute Gasteiger partial charge is 0.300 e. The van der Waals surface area contributed by atoms with E-state index in [1.807, 2.05) is 46.8 Å². The van der Waals surface area contributed by atoms with Gasteiger partial charge in [0, 0.05) is 0 Å². The zero-order chi connectivity index (χ0) is 24.3. The van der Waals surface area contributed by atoms with Crippen LogP contribution in [0, 0.1) is 13.8 Å². The van der Waals surface area contributed by atoms with Crippen LogP contribution in [0.25, 0.3) is 0 Å². The van der Waals surface area contributed by atoms with Gasteiger partial charge >= 0.3 is 0 Å². The van der Waals surface area contributed by atoms with E-state index in [4.69, 9.17) is 0 Å². The molecule has 1 heteroatoms. The van der Waals surface area contributed by atoms with E-state index in [0.717, 1.165) is 22.3 Å². The molecule has 0 spiro atoms. The first-order valence-electron chi connectivity index (χ1n) is 10.4. The van der Waals surface area contributed by atoms with Crippen LogP contribution < -0.4 is 0 Å². The highest BCUT2D eigenvalue weighted by Gasteiger charge is 1.96. The number of benzene rings is 1. The average Bonchev–Trinajstić information content (AvgIpc) is 2.65. The van der Waals surface area contributed by atoms with Crippen LogP contribution in [0.5, 0.6) is 0 Å². The third-order valence-electron chi connectivity index (χ3n) is 3.50. The van der Waals surface area contributed by atoms with Crippen molar-refractivity contribution in [2.24, 2.45) is 0 Å². The van der Waals surface area contributed by atoms with Crippen molar-refractivity contribution in [3.63, 3.8) is 0 Å². The minimum atomic E-state index is 0.167. The van der Waals surface area contributed by atoms with Crippen molar-refractivity contribution in [3.05, 3.63) is 107 Å². The molecule has 0 aliphatic carbocycles. The fourth-order valence-electron chi connectivity index (χ4n) is 1.81. The normalized spacial score (nSPS) is 10.5. The first-order valence-corrected chi connectivity index (χ1v) is 10.4. The maximum atomic E-state index is 9.44. The van der Waals surface area contributed by atoms with Gasteiger partial charge in [0.25, 0.3) is 0 Å². The Labute approximate surface area is 187 Å². The van der Waals surface area contributed by atoms with E-state index in [-0.39, 0.29) is 5.78 Å². The summed E-state index contributed by atoms with van der Waals surface area (Å²) in [5, 5.41) is 0. The first-order chi connectivity index (χ1) is 13.9. The summed E-state index contributed by atoms with van der Waals surface area (Å²) in [5.74, 6) is 0.167. The molecule has 30 heavy (non-hydrogen) atoms. The molecule has 166 valence electrons. The Kier molecular flexibility index (Phi) is 21.0. The number of aryl methyl sites for hydroxylation is 2. The van der Waals surface area contributed by atoms with Crippen molar-refractivity contribution in [2.45, 2.75) is 69.2 Å². The fourth-order valence-corrected chi connectivity index (χ4v) is 1.81. The molecule has 0 bridgehead atoms. The van der Waals surface area contributed by atoms with Crippen LogP contribution in [0.4, 0.5) is 0 Å². The van der Waals surface area contributed by atoms with Crippen molar-refractivity contribution >= 4 is 5.78 Å². The number of hydrogen-bond acceptors (Lipinski definition) is 1. The van der Waals surface area contributed by atoms with Gasteiger partial charge in [0.15, 0.2) is 0 Å². The van der Waals surface area contributed by atoms with Crippen LogP contribution in [0.1, 0.15) is 66.5 Å². The van der Waals surface area contributed by atoms with Crippen LogP contribution in [0.2, 0.25) is 0 Å². The molecule has 1 aromatic rings. The van der Waals surface area contributed by atoms with Crippen LogP contribution in [-0.2, 0) is 4.79 Å². The number of allylic oxidation sites excluding steroid dienone is 9. The predicted octanol–water partition coefficient (Wildman–Crippen LogP) is 9.07. The lowest BCUT2D eigenvalue weighted by molar-refractivity contribution is -0.114. The highest BCUT2D eigenvalue weighted by atomic mass is 16.1. The van der Waals surface area contributed by atoms with E-state index >= 15 is 0 Å². The summed E-state index contributed by atoms with van der Waals surface area (Å²) < 4.78 is 0. The summed E-state index contributed by atoms with van der Waals surface area (Å²) in [6.07, 6.45) is 8.17. The van der Waals surface area contributed by atoms with Crippen LogP contribution in [0.15, 0.2) is 96.2 Å². The summed E-state index contributed by atoms with van der Waals surface area (Å²) in [5.41, 5.74) is 7.93. The van der Waals surface area contributed by atoms with Crippen molar-refractivity contribution < 1.29 is 4.79 Å². The molecule has 0 heterocycles. The van der Waals surface area contributed by atoms with Gasteiger partial charge < -0.3 is 4.79 Å². The van der Waals surface area contributed by atoms with Crippen molar-refractivity contribution in [1.29, 1.82) is 0 Å². The lowest BCUT2D eigenvalue weighted by Gasteiger charge is -2.04. The molecule has 1 nitrogen and oxygen atoms in total. The molecular formula is C29H44O. The van der Waals surface area contributed by atoms with Gasteiger partial charge in [0.2, 0.25) is 0 Å². The highest BCUT2D eigenvalue weighted by molar-refractivity contribution is 5.72. The van der Waals surface area contributed by atoms with Gasteiger partial charge in [-0.2, -0.15) is 0 Å². The average molecular weight is 409 g/mol. The first kappa shape index (κ1) is 32.0. The summed E-state index contributed by atoms with van der Waals surface area (Å²) in [7, 11) is 0. The molecule has 0 saturated heterocycles. The number of rotatable bonds is 5. The van der Waals surface area contributed by atoms with E-state index in [2.05, 4.69) is 76.9 Å². The smallest absolute Gasteiger partial charge is 0.126 e. The highest BCUT2D eigenvalue weighted by Crippen LogP contribution is 2.16. The standard InChI is InChI=1S/C16H22.C8H10.C3H6O.C2H6/c1-8-9-13(4)10-15(6)16(7)11-14(5)12(2)3;1-7-3-5-8(2)6-4-7;1-3(2)4;1-2/h8-11H,2,5-6H2,1,3-4,7H3;3-6H,1-2H3;1-2H3;1-2H3/b9-8-,13-10-,16-11+;;;. The van der Waals surface area contributed by atoms with Gasteiger partial charge in [-0.05, 0) is 72.1 Å². The number of carbonyl (C=O) groups excluding carboxylic acids is 1. The number of ketones is 1. The molecule has 0 amide bonds. The number of hydrogen-bond donors (Lipinski definition) is 0. The van der Waals surface area contributed by atoms with Crippen molar-refractivity contribution in [2.75, 3.05) is 0 Å². The zero-order valence-electron chi connectivity index (χ0n) is 21.1. The monoisotopic (exact) mass is 408 g/mol. The lowest BCUT2D eigenvalue weighted by atomic mass is 10.0. The maximum Gasteiger partial charge on any atom is 0.126 e. The SMILES string of the molecule is C=C(C)C(=C)/C=C(\C)C(=C)/C=C(C)\C=C/C.CC.CC(C)=O.Cc1ccc(C)cc1. The zero-order valence-corrected chi connectivity index (χ0v) is 21.1. The second-order valence-corrected chi connectivity index (χ2v) is 7.11. The molecule has 0 N–H and O–H groups in total. The second kappa shape index (κ2) is 19.6. The third-order valence-corrected chi connectivity index (χ3v) is 3.50. The molecule has 0 radical (unpaired) electrons. The van der Waals surface area contributed by atoms with Gasteiger partial charge in [-0.15, -0.1) is 0 Å². The van der Waals surface area contributed by atoms with Gasteiger partial charge in [0.1, 0.15) is 5.78 Å². The number of carbonyl (C=O) groups is 1. The quantitative estimate of drug-likeness (QED) is 0.444. The van der Waals surface area contributed by atoms with Crippen molar-refractivity contribution in [3.8, 4) is 0 Å². The van der Waals surface area contributed by atoms with E-state index in [9.17, 15) is 4.79 Å². The Morgan fingerprint density at radius 1 is 0.767 bits per heavy atom. The topological polar surface area (TPSA) is 17.1 Å². The molecule has 0 saturated carbocycles. The molecule has 0 aliphatic rings. The minimum Gasteiger partial charge on any atom is -0.300 e. The van der Waals surface area contributed by atoms with E-state index < -0.39 is 0 Å². The van der Waals surface area contributed by atoms with E-state index in [1.54, 1.807) is 0 Å². The molecule has 0 unspecified atom stereocenters. The molecule has 0 atom stereocenters. The summed E-state index contributed by atoms with van der Waals surface area (Å²) in [6.45, 7) is 31.1. The maximum absolute atomic E-state index is 9.44. The molecule has 0 aliphatic heterocycles. The summed E-state index contributed by atoms with van der Waals surface area (Å²) in [4.78, 5) is 9.44. The minimum absolute atomic E-state index is 0.167.